The minimum Gasteiger partial charge on any atom is -0.380 e. The van der Waals surface area contributed by atoms with Gasteiger partial charge in [-0.3, -0.25) is 10.2 Å². The first kappa shape index (κ1) is 10.2. The Labute approximate surface area is 80.7 Å². The van der Waals surface area contributed by atoms with Gasteiger partial charge >= 0.3 is 0 Å². The van der Waals surface area contributed by atoms with Gasteiger partial charge in [-0.1, -0.05) is 0 Å². The van der Waals surface area contributed by atoms with Gasteiger partial charge in [0.15, 0.2) is 0 Å². The van der Waals surface area contributed by atoms with Crippen LogP contribution < -0.4 is 11.3 Å². The zero-order chi connectivity index (χ0) is 9.84. The summed E-state index contributed by atoms with van der Waals surface area (Å²) in [5, 5.41) is 0. The van der Waals surface area contributed by atoms with Gasteiger partial charge in [0, 0.05) is 12.0 Å². The lowest BCUT2D eigenvalue weighted by atomic mass is 10.2. The van der Waals surface area contributed by atoms with E-state index in [-0.39, 0.29) is 5.91 Å². The molecule has 1 rings (SSSR count). The van der Waals surface area contributed by atoms with Crippen LogP contribution >= 0.6 is 11.3 Å². The number of nitrogens with two attached hydrogens (primary N) is 1. The Morgan fingerprint density at radius 2 is 2.46 bits per heavy atom. The predicted molar refractivity (Wildman–Crippen MR) is 51.4 cm³/mol. The van der Waals surface area contributed by atoms with Crippen LogP contribution in [0.4, 0.5) is 0 Å². The van der Waals surface area contributed by atoms with Crippen molar-refractivity contribution in [3.05, 3.63) is 21.4 Å². The van der Waals surface area contributed by atoms with E-state index in [1.165, 1.54) is 11.3 Å². The number of ether oxygens (including phenoxy) is 1. The fraction of sp³-hybridized carbons (Fsp3) is 0.375. The number of nitrogen functional groups attached to an aromatic ring is 1. The van der Waals surface area contributed by atoms with E-state index in [2.05, 4.69) is 5.43 Å². The molecule has 0 atom stereocenters. The van der Waals surface area contributed by atoms with Crippen molar-refractivity contribution in [3.8, 4) is 0 Å². The van der Waals surface area contributed by atoms with Crippen molar-refractivity contribution in [3.63, 3.8) is 0 Å². The lowest BCUT2D eigenvalue weighted by Crippen LogP contribution is -2.29. The Balaban J connectivity index is 2.88. The fourth-order valence-corrected chi connectivity index (χ4v) is 1.93. The summed E-state index contributed by atoms with van der Waals surface area (Å²) >= 11 is 1.41. The molecule has 72 valence electrons. The molecule has 0 fully saturated rings. The molecule has 0 bridgehead atoms. The summed E-state index contributed by atoms with van der Waals surface area (Å²) in [6.45, 7) is 2.48. The third-order valence-electron chi connectivity index (χ3n) is 1.68. The van der Waals surface area contributed by atoms with Gasteiger partial charge < -0.3 is 4.74 Å². The van der Waals surface area contributed by atoms with Crippen LogP contribution in [0.15, 0.2) is 6.07 Å². The molecule has 3 N–H and O–H groups in total. The lowest BCUT2D eigenvalue weighted by Gasteiger charge is -1.94. The second-order valence-electron chi connectivity index (χ2n) is 2.60. The standard InChI is InChI=1S/C8H12N2O2S/c1-5-6(4-12-2)3-7(13-5)8(11)10-9/h3H,4,9H2,1-2H3,(H,10,11). The number of nitrogens with one attached hydrogen (secondary N) is 1. The summed E-state index contributed by atoms with van der Waals surface area (Å²) in [4.78, 5) is 12.8. The van der Waals surface area contributed by atoms with E-state index >= 15 is 0 Å². The van der Waals surface area contributed by atoms with Crippen molar-refractivity contribution in [2.24, 2.45) is 5.84 Å². The highest BCUT2D eigenvalue weighted by molar-refractivity contribution is 7.14. The molecule has 0 saturated heterocycles. The van der Waals surface area contributed by atoms with E-state index in [4.69, 9.17) is 10.6 Å². The molecule has 1 amide bonds. The Morgan fingerprint density at radius 1 is 1.77 bits per heavy atom. The third kappa shape index (κ3) is 2.27. The number of hydrogen-bond acceptors (Lipinski definition) is 4. The SMILES string of the molecule is COCc1cc(C(=O)NN)sc1C. The van der Waals surface area contributed by atoms with Gasteiger partial charge in [0.2, 0.25) is 0 Å². The van der Waals surface area contributed by atoms with Crippen molar-refractivity contribution in [1.82, 2.24) is 5.43 Å². The number of carbonyl (C=O) groups is 1. The predicted octanol–water partition coefficient (Wildman–Crippen LogP) is 0.806. The second kappa shape index (κ2) is 4.36. The zero-order valence-corrected chi connectivity index (χ0v) is 8.40. The van der Waals surface area contributed by atoms with Crippen LogP contribution in [0.1, 0.15) is 20.1 Å². The highest BCUT2D eigenvalue weighted by Gasteiger charge is 2.10. The van der Waals surface area contributed by atoms with Gasteiger partial charge in [-0.15, -0.1) is 11.3 Å². The number of thiophene rings is 1. The number of hydrazine groups is 1. The van der Waals surface area contributed by atoms with Gasteiger partial charge in [-0.25, -0.2) is 5.84 Å². The summed E-state index contributed by atoms with van der Waals surface area (Å²) in [6.07, 6.45) is 0. The topological polar surface area (TPSA) is 64.3 Å². The van der Waals surface area contributed by atoms with E-state index in [1.807, 2.05) is 6.92 Å². The normalized spacial score (nSPS) is 10.1. The van der Waals surface area contributed by atoms with Crippen molar-refractivity contribution >= 4 is 17.2 Å². The lowest BCUT2D eigenvalue weighted by molar-refractivity contribution is 0.0957. The van der Waals surface area contributed by atoms with E-state index in [1.54, 1.807) is 13.2 Å². The molecule has 0 radical (unpaired) electrons. The van der Waals surface area contributed by atoms with Gasteiger partial charge in [-0.05, 0) is 18.6 Å². The molecule has 0 aliphatic rings. The summed E-state index contributed by atoms with van der Waals surface area (Å²) in [7, 11) is 1.62. The molecular formula is C8H12N2O2S. The van der Waals surface area contributed by atoms with Crippen molar-refractivity contribution in [2.75, 3.05) is 7.11 Å². The van der Waals surface area contributed by atoms with Gasteiger partial charge in [-0.2, -0.15) is 0 Å². The van der Waals surface area contributed by atoms with Crippen molar-refractivity contribution < 1.29 is 9.53 Å². The van der Waals surface area contributed by atoms with E-state index in [0.717, 1.165) is 10.4 Å². The molecule has 4 nitrogen and oxygen atoms in total. The Hall–Kier alpha value is -0.910. The molecule has 0 aliphatic carbocycles. The zero-order valence-electron chi connectivity index (χ0n) is 7.59. The monoisotopic (exact) mass is 200 g/mol. The number of amides is 1. The molecule has 0 spiro atoms. The maximum Gasteiger partial charge on any atom is 0.275 e. The fourth-order valence-electron chi connectivity index (χ4n) is 1.00. The molecule has 1 heterocycles. The second-order valence-corrected chi connectivity index (χ2v) is 3.85. The molecule has 5 heteroatoms. The summed E-state index contributed by atoms with van der Waals surface area (Å²) < 4.78 is 4.98. The number of carbonyl (C=O) groups excluding carboxylic acids is 1. The number of rotatable bonds is 3. The minimum atomic E-state index is -0.254. The van der Waals surface area contributed by atoms with Crippen LogP contribution in [-0.4, -0.2) is 13.0 Å². The van der Waals surface area contributed by atoms with Crippen LogP contribution in [0, 0.1) is 6.92 Å². The van der Waals surface area contributed by atoms with Crippen LogP contribution in [0.25, 0.3) is 0 Å². The van der Waals surface area contributed by atoms with E-state index in [0.29, 0.717) is 11.5 Å². The number of hydrogen-bond donors (Lipinski definition) is 2. The maximum atomic E-state index is 11.1. The van der Waals surface area contributed by atoms with Crippen LogP contribution in [0.2, 0.25) is 0 Å². The minimum absolute atomic E-state index is 0.254. The van der Waals surface area contributed by atoms with Gasteiger partial charge in [0.25, 0.3) is 5.91 Å². The quantitative estimate of drug-likeness (QED) is 0.431. The van der Waals surface area contributed by atoms with Gasteiger partial charge in [0.05, 0.1) is 11.5 Å². The number of aryl methyl sites for hydroxylation is 1. The van der Waals surface area contributed by atoms with Crippen LogP contribution in [-0.2, 0) is 11.3 Å². The number of methoxy groups -OCH3 is 1. The Kier molecular flexibility index (Phi) is 3.41. The highest BCUT2D eigenvalue weighted by Crippen LogP contribution is 2.21. The molecule has 0 aromatic carbocycles. The largest absolute Gasteiger partial charge is 0.380 e. The smallest absolute Gasteiger partial charge is 0.275 e. The molecule has 0 saturated carbocycles. The van der Waals surface area contributed by atoms with Crippen LogP contribution in [0.3, 0.4) is 0 Å². The highest BCUT2D eigenvalue weighted by atomic mass is 32.1. The first-order valence-corrected chi connectivity index (χ1v) is 4.60. The van der Waals surface area contributed by atoms with Gasteiger partial charge in [0.1, 0.15) is 0 Å². The first-order chi connectivity index (χ1) is 6.19. The summed E-state index contributed by atoms with van der Waals surface area (Å²) in [5.74, 6) is 4.76. The molecular weight excluding hydrogens is 188 g/mol. The van der Waals surface area contributed by atoms with Crippen molar-refractivity contribution in [2.45, 2.75) is 13.5 Å². The average molecular weight is 200 g/mol. The van der Waals surface area contributed by atoms with E-state index in [9.17, 15) is 4.79 Å². The molecule has 0 unspecified atom stereocenters. The third-order valence-corrected chi connectivity index (χ3v) is 2.77. The summed E-state index contributed by atoms with van der Waals surface area (Å²) in [6, 6.07) is 1.80. The first-order valence-electron chi connectivity index (χ1n) is 3.78. The molecule has 13 heavy (non-hydrogen) atoms. The maximum absolute atomic E-state index is 11.1. The van der Waals surface area contributed by atoms with Crippen LogP contribution in [0.5, 0.6) is 0 Å². The molecule has 1 aromatic rings. The van der Waals surface area contributed by atoms with Crippen molar-refractivity contribution in [1.29, 1.82) is 0 Å². The Morgan fingerprint density at radius 3 is 3.00 bits per heavy atom. The molecule has 1 aromatic heterocycles. The Bertz CT molecular complexity index is 309. The average Bonchev–Trinajstić information content (AvgIpc) is 2.47. The van der Waals surface area contributed by atoms with E-state index < -0.39 is 0 Å². The summed E-state index contributed by atoms with van der Waals surface area (Å²) in [5.41, 5.74) is 3.13. The molecule has 0 aliphatic heterocycles.